The Morgan fingerprint density at radius 3 is 2.34 bits per heavy atom. The van der Waals surface area contributed by atoms with Gasteiger partial charge < -0.3 is 27.9 Å². The Kier molecular flexibility index (Phi) is 8.44. The van der Waals surface area contributed by atoms with Crippen LogP contribution in [0.2, 0.25) is 0 Å². The third-order valence-corrected chi connectivity index (χ3v) is 6.35. The van der Waals surface area contributed by atoms with Crippen LogP contribution in [0.25, 0.3) is 0 Å². The van der Waals surface area contributed by atoms with E-state index in [1.807, 2.05) is 60.1 Å². The van der Waals surface area contributed by atoms with Crippen LogP contribution < -0.4 is 17.7 Å². The summed E-state index contributed by atoms with van der Waals surface area (Å²) in [6, 6.07) is 18.0. The molecular formula is C24H30ClNO2S. The van der Waals surface area contributed by atoms with Crippen molar-refractivity contribution in [2.75, 3.05) is 6.54 Å². The van der Waals surface area contributed by atoms with Gasteiger partial charge in [-0.1, -0.05) is 48.5 Å². The fourth-order valence-corrected chi connectivity index (χ4v) is 4.32. The van der Waals surface area contributed by atoms with Crippen molar-refractivity contribution < 1.29 is 27.9 Å². The first-order chi connectivity index (χ1) is 13.4. The number of hydrogen-bond acceptors (Lipinski definition) is 3. The molecule has 0 saturated heterocycles. The fraction of sp³-hybridized carbons (Fsp3) is 0.333. The van der Waals surface area contributed by atoms with Gasteiger partial charge in [-0.2, -0.15) is 11.3 Å². The molecule has 3 nitrogen and oxygen atoms in total. The molecule has 0 fully saturated rings. The number of thiophene rings is 1. The summed E-state index contributed by atoms with van der Waals surface area (Å²) in [5.74, 6) is 0. The monoisotopic (exact) mass is 431 g/mol. The summed E-state index contributed by atoms with van der Waals surface area (Å²) in [6.07, 6.45) is 0.0509. The van der Waals surface area contributed by atoms with Crippen LogP contribution >= 0.6 is 11.3 Å². The van der Waals surface area contributed by atoms with Gasteiger partial charge in [-0.05, 0) is 65.4 Å². The van der Waals surface area contributed by atoms with E-state index in [2.05, 4.69) is 31.3 Å². The summed E-state index contributed by atoms with van der Waals surface area (Å²) in [4.78, 5) is 0. The van der Waals surface area contributed by atoms with Crippen LogP contribution in [0.3, 0.4) is 0 Å². The SMILES string of the molecule is Cc1ccc(C(O)(CC[NH2+]C(C)C(O)c2ccccc2)c2ccsc2)cc1C.[Cl-]. The molecule has 3 aromatic rings. The van der Waals surface area contributed by atoms with Crippen LogP contribution in [0.5, 0.6) is 0 Å². The van der Waals surface area contributed by atoms with E-state index >= 15 is 0 Å². The molecule has 3 unspecified atom stereocenters. The van der Waals surface area contributed by atoms with E-state index < -0.39 is 11.7 Å². The smallest absolute Gasteiger partial charge is 0.130 e. The van der Waals surface area contributed by atoms with Gasteiger partial charge in [0.1, 0.15) is 17.7 Å². The van der Waals surface area contributed by atoms with Gasteiger partial charge in [-0.25, -0.2) is 0 Å². The number of nitrogens with two attached hydrogens (primary N) is 1. The summed E-state index contributed by atoms with van der Waals surface area (Å²) in [5.41, 5.74) is 4.18. The van der Waals surface area contributed by atoms with Gasteiger partial charge in [0.05, 0.1) is 6.54 Å². The molecule has 5 heteroatoms. The summed E-state index contributed by atoms with van der Waals surface area (Å²) in [7, 11) is 0. The molecule has 0 amide bonds. The minimum absolute atomic E-state index is 0. The number of halogens is 1. The number of aryl methyl sites for hydroxylation is 2. The minimum atomic E-state index is -1.02. The molecule has 0 aliphatic carbocycles. The molecule has 2 aromatic carbocycles. The molecular weight excluding hydrogens is 402 g/mol. The zero-order chi connectivity index (χ0) is 20.1. The quantitative estimate of drug-likeness (QED) is 0.491. The molecule has 0 bridgehead atoms. The standard InChI is InChI=1S/C24H29NO2S.ClH/c1-17-9-10-21(15-18(17)2)24(27,22-11-14-28-16-22)12-13-25-19(3)23(26)20-7-5-4-6-8-20;/h4-11,14-16,19,23,25-27H,12-13H2,1-3H3;1H. The summed E-state index contributed by atoms with van der Waals surface area (Å²) in [6.45, 7) is 6.90. The molecule has 0 radical (unpaired) electrons. The number of aliphatic hydroxyl groups excluding tert-OH is 1. The maximum atomic E-state index is 11.7. The number of benzene rings is 2. The molecule has 156 valence electrons. The van der Waals surface area contributed by atoms with Gasteiger partial charge in [0, 0.05) is 6.42 Å². The molecule has 0 aliphatic rings. The fourth-order valence-electron chi connectivity index (χ4n) is 3.59. The topological polar surface area (TPSA) is 57.1 Å². The summed E-state index contributed by atoms with van der Waals surface area (Å²) in [5, 5.41) is 28.4. The van der Waals surface area contributed by atoms with E-state index in [0.29, 0.717) is 13.0 Å². The van der Waals surface area contributed by atoms with Crippen LogP contribution in [-0.4, -0.2) is 22.8 Å². The van der Waals surface area contributed by atoms with Gasteiger partial charge >= 0.3 is 0 Å². The second kappa shape index (κ2) is 10.4. The van der Waals surface area contributed by atoms with Crippen molar-refractivity contribution >= 4 is 11.3 Å². The molecule has 0 spiro atoms. The third kappa shape index (κ3) is 5.47. The lowest BCUT2D eigenvalue weighted by Gasteiger charge is -2.29. The normalized spacial score (nSPS) is 15.2. The van der Waals surface area contributed by atoms with Gasteiger partial charge in [-0.3, -0.25) is 0 Å². The van der Waals surface area contributed by atoms with Crippen molar-refractivity contribution in [1.29, 1.82) is 0 Å². The molecule has 0 saturated carbocycles. The van der Waals surface area contributed by atoms with Crippen LogP contribution in [0.1, 0.15) is 47.3 Å². The zero-order valence-electron chi connectivity index (χ0n) is 17.2. The van der Waals surface area contributed by atoms with E-state index in [1.54, 1.807) is 11.3 Å². The molecule has 29 heavy (non-hydrogen) atoms. The maximum Gasteiger partial charge on any atom is 0.130 e. The predicted molar refractivity (Wildman–Crippen MR) is 116 cm³/mol. The molecule has 1 aromatic heterocycles. The average molecular weight is 432 g/mol. The first kappa shape index (κ1) is 23.6. The van der Waals surface area contributed by atoms with E-state index in [0.717, 1.165) is 16.7 Å². The number of hydrogen-bond donors (Lipinski definition) is 3. The first-order valence-electron chi connectivity index (χ1n) is 9.81. The van der Waals surface area contributed by atoms with Gasteiger partial charge in [0.15, 0.2) is 0 Å². The first-order valence-corrected chi connectivity index (χ1v) is 10.7. The van der Waals surface area contributed by atoms with Crippen LogP contribution in [0, 0.1) is 13.8 Å². The van der Waals surface area contributed by atoms with Crippen molar-refractivity contribution in [1.82, 2.24) is 0 Å². The van der Waals surface area contributed by atoms with E-state index in [1.165, 1.54) is 11.1 Å². The summed E-state index contributed by atoms with van der Waals surface area (Å²) < 4.78 is 0. The lowest BCUT2D eigenvalue weighted by molar-refractivity contribution is -0.696. The number of rotatable bonds is 8. The van der Waals surface area contributed by atoms with Crippen LogP contribution in [0.15, 0.2) is 65.4 Å². The Labute approximate surface area is 183 Å². The average Bonchev–Trinajstić information content (AvgIpc) is 3.25. The molecule has 3 rings (SSSR count). The Morgan fingerprint density at radius 2 is 1.72 bits per heavy atom. The molecule has 3 atom stereocenters. The minimum Gasteiger partial charge on any atom is -1.00 e. The highest BCUT2D eigenvalue weighted by Crippen LogP contribution is 2.34. The Morgan fingerprint density at radius 1 is 1.00 bits per heavy atom. The number of aliphatic hydroxyl groups is 2. The number of quaternary nitrogens is 1. The van der Waals surface area contributed by atoms with Gasteiger partial charge in [-0.15, -0.1) is 0 Å². The highest BCUT2D eigenvalue weighted by atomic mass is 35.5. The highest BCUT2D eigenvalue weighted by molar-refractivity contribution is 7.08. The van der Waals surface area contributed by atoms with Crippen molar-refractivity contribution in [2.24, 2.45) is 0 Å². The molecule has 0 aliphatic heterocycles. The second-order valence-corrected chi connectivity index (χ2v) is 8.44. The lowest BCUT2D eigenvalue weighted by atomic mass is 9.83. The van der Waals surface area contributed by atoms with Crippen molar-refractivity contribution in [3.63, 3.8) is 0 Å². The Bertz CT molecular complexity index is 885. The van der Waals surface area contributed by atoms with E-state index in [9.17, 15) is 10.2 Å². The van der Waals surface area contributed by atoms with E-state index in [-0.39, 0.29) is 18.4 Å². The van der Waals surface area contributed by atoms with Crippen molar-refractivity contribution in [2.45, 2.75) is 44.9 Å². The predicted octanol–water partition coefficient (Wildman–Crippen LogP) is 0.680. The van der Waals surface area contributed by atoms with Crippen molar-refractivity contribution in [3.8, 4) is 0 Å². The summed E-state index contributed by atoms with van der Waals surface area (Å²) >= 11 is 1.60. The Hall–Kier alpha value is -1.69. The highest BCUT2D eigenvalue weighted by Gasteiger charge is 2.33. The molecule has 4 N–H and O–H groups in total. The second-order valence-electron chi connectivity index (χ2n) is 7.66. The van der Waals surface area contributed by atoms with Crippen molar-refractivity contribution in [3.05, 3.63) is 93.2 Å². The maximum absolute atomic E-state index is 11.7. The largest absolute Gasteiger partial charge is 1.00 e. The Balaban J connectivity index is 0.00000300. The molecule has 1 heterocycles. The lowest BCUT2D eigenvalue weighted by Crippen LogP contribution is -3.00. The van der Waals surface area contributed by atoms with Crippen LogP contribution in [0.4, 0.5) is 0 Å². The van der Waals surface area contributed by atoms with E-state index in [4.69, 9.17) is 0 Å². The van der Waals surface area contributed by atoms with Gasteiger partial charge in [0.25, 0.3) is 0 Å². The third-order valence-electron chi connectivity index (χ3n) is 5.67. The van der Waals surface area contributed by atoms with Gasteiger partial charge in [0.2, 0.25) is 0 Å². The zero-order valence-corrected chi connectivity index (χ0v) is 18.8. The van der Waals surface area contributed by atoms with Crippen LogP contribution in [-0.2, 0) is 5.60 Å².